The summed E-state index contributed by atoms with van der Waals surface area (Å²) in [5.74, 6) is -2.42. The smallest absolute Gasteiger partial charge is 0.336 e. The van der Waals surface area contributed by atoms with Crippen molar-refractivity contribution in [2.75, 3.05) is 46.4 Å². The van der Waals surface area contributed by atoms with Crippen molar-refractivity contribution in [2.45, 2.75) is 77.2 Å². The molecule has 0 bridgehead atoms. The maximum atomic E-state index is 13.6. The highest BCUT2D eigenvalue weighted by Crippen LogP contribution is 2.42. The number of esters is 2. The van der Waals surface area contributed by atoms with Gasteiger partial charge in [0.1, 0.15) is 17.0 Å². The highest BCUT2D eigenvalue weighted by Gasteiger charge is 2.43. The van der Waals surface area contributed by atoms with Gasteiger partial charge in [-0.1, -0.05) is 111 Å². The van der Waals surface area contributed by atoms with E-state index in [1.54, 1.807) is 19.9 Å². The zero-order chi connectivity index (χ0) is 37.0. The molecule has 2 aliphatic heterocycles. The van der Waals surface area contributed by atoms with Crippen molar-refractivity contribution in [1.29, 1.82) is 0 Å². The summed E-state index contributed by atoms with van der Waals surface area (Å²) in [5, 5.41) is 8.03. The maximum absolute atomic E-state index is 13.6. The number of fused-ring (bicyclic) bond motifs is 1. The van der Waals surface area contributed by atoms with E-state index in [1.165, 1.54) is 56.9 Å². The average molecular weight is 720 g/mol. The second-order valence-corrected chi connectivity index (χ2v) is 14.3. The maximum Gasteiger partial charge on any atom is 0.336 e. The van der Waals surface area contributed by atoms with E-state index >= 15 is 0 Å². The van der Waals surface area contributed by atoms with Gasteiger partial charge in [-0.15, -0.1) is 0 Å². The van der Waals surface area contributed by atoms with Crippen LogP contribution in [0, 0.1) is 5.92 Å². The number of hydrogen-bond donors (Lipinski definition) is 0. The molecule has 6 rings (SSSR count). The lowest BCUT2D eigenvalue weighted by Crippen LogP contribution is -2.48. The number of ether oxygens (including phenoxy) is 2. The third kappa shape index (κ3) is 9.47. The molecule has 3 aromatic carbocycles. The van der Waals surface area contributed by atoms with Crippen LogP contribution in [-0.4, -0.2) is 84.2 Å². The Morgan fingerprint density at radius 1 is 0.774 bits per heavy atom. The van der Waals surface area contributed by atoms with E-state index in [0.717, 1.165) is 45.4 Å². The number of nitrogens with zero attached hydrogens (tertiary/aromatic N) is 5. The highest BCUT2D eigenvalue weighted by molar-refractivity contribution is 6.07. The van der Waals surface area contributed by atoms with E-state index in [0.29, 0.717) is 46.2 Å². The predicted molar refractivity (Wildman–Crippen MR) is 206 cm³/mol. The van der Waals surface area contributed by atoms with Crippen LogP contribution in [0.5, 0.6) is 0 Å². The second-order valence-electron chi connectivity index (χ2n) is 14.3. The van der Waals surface area contributed by atoms with Gasteiger partial charge in [0.2, 0.25) is 0 Å². The molecule has 1 fully saturated rings. The van der Waals surface area contributed by atoms with E-state index < -0.39 is 23.8 Å². The van der Waals surface area contributed by atoms with Crippen LogP contribution in [0.1, 0.15) is 93.9 Å². The third-order valence-corrected chi connectivity index (χ3v) is 10.8. The Hall–Kier alpha value is -4.67. The summed E-state index contributed by atoms with van der Waals surface area (Å²) in [4.78, 5) is 36.4. The van der Waals surface area contributed by atoms with Gasteiger partial charge in [-0.05, 0) is 66.3 Å². The van der Waals surface area contributed by atoms with Gasteiger partial charge in [-0.3, -0.25) is 14.7 Å². The van der Waals surface area contributed by atoms with Crippen LogP contribution in [-0.2, 0) is 19.1 Å². The molecule has 280 valence electrons. The monoisotopic (exact) mass is 719 g/mol. The van der Waals surface area contributed by atoms with Gasteiger partial charge >= 0.3 is 11.9 Å². The zero-order valence-electron chi connectivity index (χ0n) is 31.4. The summed E-state index contributed by atoms with van der Waals surface area (Å²) in [7, 11) is 1.34. The van der Waals surface area contributed by atoms with Crippen LogP contribution >= 0.6 is 0 Å². The Kier molecular flexibility index (Phi) is 13.6. The fraction of sp³-hybridized carbons (Fsp3) is 0.465. The number of carbonyl (C=O) groups is 2. The molecule has 1 unspecified atom stereocenters. The number of carbonyl (C=O) groups excluding carboxylic acids is 2. The topological polar surface area (TPSA) is 110 Å². The molecule has 0 spiro atoms. The van der Waals surface area contributed by atoms with Gasteiger partial charge in [0.05, 0.1) is 25.3 Å². The average Bonchev–Trinajstić information content (AvgIpc) is 3.67. The fourth-order valence-electron chi connectivity index (χ4n) is 8.02. The zero-order valence-corrected chi connectivity index (χ0v) is 31.4. The van der Waals surface area contributed by atoms with E-state index in [-0.39, 0.29) is 0 Å². The van der Waals surface area contributed by atoms with Crippen LogP contribution < -0.4 is 0 Å². The fourth-order valence-corrected chi connectivity index (χ4v) is 8.02. The summed E-state index contributed by atoms with van der Waals surface area (Å²) >= 11 is 0. The number of unbranched alkanes of at least 4 members (excludes halogenated alkanes) is 7. The second kappa shape index (κ2) is 18.9. The molecule has 3 heterocycles. The van der Waals surface area contributed by atoms with Crippen LogP contribution in [0.2, 0.25) is 0 Å². The first kappa shape index (κ1) is 38.1. The Labute approximate surface area is 313 Å². The van der Waals surface area contributed by atoms with Crippen molar-refractivity contribution < 1.29 is 23.7 Å². The molecule has 0 aliphatic carbocycles. The number of benzene rings is 3. The Bertz CT molecular complexity index is 1810. The molecular formula is C43H53N5O5. The van der Waals surface area contributed by atoms with Crippen LogP contribution in [0.3, 0.4) is 0 Å². The lowest BCUT2D eigenvalue weighted by atomic mass is 9.75. The van der Waals surface area contributed by atoms with Gasteiger partial charge in [0, 0.05) is 43.5 Å². The number of aliphatic imine (C=N–C) groups is 1. The molecule has 0 amide bonds. The largest absolute Gasteiger partial charge is 0.468 e. The van der Waals surface area contributed by atoms with Gasteiger partial charge in [0.15, 0.2) is 0 Å². The molecule has 0 N–H and O–H groups in total. The first-order chi connectivity index (χ1) is 26.0. The van der Waals surface area contributed by atoms with Crippen molar-refractivity contribution >= 4 is 28.7 Å². The molecule has 0 radical (unpaired) electrons. The molecular weight excluding hydrogens is 667 g/mol. The molecule has 10 heteroatoms. The Morgan fingerprint density at radius 2 is 1.40 bits per heavy atom. The number of hydrogen-bond acceptors (Lipinski definition) is 10. The number of piperazine rings is 1. The summed E-state index contributed by atoms with van der Waals surface area (Å²) in [6.07, 6.45) is 9.07. The number of aromatic nitrogens is 2. The number of methoxy groups -OCH3 is 1. The summed E-state index contributed by atoms with van der Waals surface area (Å²) in [5.41, 5.74) is 5.85. The summed E-state index contributed by atoms with van der Waals surface area (Å²) in [6, 6.07) is 27.5. The van der Waals surface area contributed by atoms with Gasteiger partial charge in [-0.25, -0.2) is 9.42 Å². The lowest BCUT2D eigenvalue weighted by Gasteiger charge is -2.39. The molecule has 53 heavy (non-hydrogen) atoms. The van der Waals surface area contributed by atoms with Crippen molar-refractivity contribution in [3.05, 3.63) is 107 Å². The van der Waals surface area contributed by atoms with Crippen LogP contribution in [0.4, 0.5) is 0 Å². The molecule has 10 nitrogen and oxygen atoms in total. The van der Waals surface area contributed by atoms with Crippen molar-refractivity contribution in [3.8, 4) is 0 Å². The van der Waals surface area contributed by atoms with E-state index in [4.69, 9.17) is 14.1 Å². The third-order valence-electron chi connectivity index (χ3n) is 10.8. The minimum absolute atomic E-state index is 0.307. The normalized spacial score (nSPS) is 18.4. The summed E-state index contributed by atoms with van der Waals surface area (Å²) < 4.78 is 15.9. The Balaban J connectivity index is 0.879. The molecule has 2 atom stereocenters. The van der Waals surface area contributed by atoms with Crippen molar-refractivity contribution in [1.82, 2.24) is 20.1 Å². The van der Waals surface area contributed by atoms with Gasteiger partial charge < -0.3 is 14.4 Å². The van der Waals surface area contributed by atoms with Gasteiger partial charge in [0.25, 0.3) is 0 Å². The minimum Gasteiger partial charge on any atom is -0.468 e. The lowest BCUT2D eigenvalue weighted by molar-refractivity contribution is -0.144. The predicted octanol–water partition coefficient (Wildman–Crippen LogP) is 7.92. The van der Waals surface area contributed by atoms with E-state index in [2.05, 4.69) is 85.8 Å². The number of rotatable bonds is 17. The molecule has 1 aromatic heterocycles. The highest BCUT2D eigenvalue weighted by atomic mass is 16.6. The standard InChI is InChI=1S/C43H53N5O5/c1-31-37(42(49)51-3)39(35-23-18-24-36-40(35)46-53-45-36)38(32(2)44-31)43(50)52-30-17-9-7-5-4-6-8-16-25-47-26-28-48(29-27-47)41(33-19-12-10-13-20-33)34-21-14-11-15-22-34/h10-15,18-24,37,39,41H,4-9,16-17,25-30H2,1-3H3/t37?,39-/m0/s1. The van der Waals surface area contributed by atoms with E-state index in [9.17, 15) is 9.59 Å². The molecule has 0 saturated carbocycles. The summed E-state index contributed by atoms with van der Waals surface area (Å²) in [6.45, 7) is 9.44. The molecule has 4 aromatic rings. The van der Waals surface area contributed by atoms with Gasteiger partial charge in [-0.2, -0.15) is 0 Å². The SMILES string of the molecule is COC(=O)C1C(C)=NC(C)=C(C(=O)OCCCCCCCCCCN2CCN(C(c3ccccc3)c3ccccc3)CC2)[C@H]1c1cccc2nonc12. The van der Waals surface area contributed by atoms with Crippen LogP contribution in [0.25, 0.3) is 11.0 Å². The van der Waals surface area contributed by atoms with Crippen LogP contribution in [0.15, 0.2) is 99.8 Å². The number of allylic oxidation sites excluding steroid dienone is 1. The quantitative estimate of drug-likeness (QED) is 0.0794. The molecule has 2 aliphatic rings. The van der Waals surface area contributed by atoms with Crippen molar-refractivity contribution in [3.63, 3.8) is 0 Å². The Morgan fingerprint density at radius 3 is 2.04 bits per heavy atom. The van der Waals surface area contributed by atoms with Crippen molar-refractivity contribution in [2.24, 2.45) is 10.9 Å². The molecule has 1 saturated heterocycles. The first-order valence-corrected chi connectivity index (χ1v) is 19.2. The minimum atomic E-state index is -0.795. The van der Waals surface area contributed by atoms with E-state index in [1.807, 2.05) is 12.1 Å². The first-order valence-electron chi connectivity index (χ1n) is 19.2.